The lowest BCUT2D eigenvalue weighted by atomic mass is 10.0. The Bertz CT molecular complexity index is 1460. The van der Waals surface area contributed by atoms with Gasteiger partial charge in [-0.25, -0.2) is 27.7 Å². The normalized spacial score (nSPS) is 14.2. The molecule has 0 fully saturated rings. The summed E-state index contributed by atoms with van der Waals surface area (Å²) in [4.78, 5) is 43.6. The van der Waals surface area contributed by atoms with Gasteiger partial charge in [0.05, 0.1) is 30.6 Å². The maximum absolute atomic E-state index is 13.9. The topological polar surface area (TPSA) is 164 Å². The Kier molecular flexibility index (Phi) is 9.81. The SMILES string of the molecule is COc1ncccc1-c1nc(C(F)(F)F)n2c1CN(C(=O)C[C@H](N)Cc1cc(F)c(F)cc1F)CC2.O=P(O)(O)O. The highest BCUT2D eigenvalue weighted by Gasteiger charge is 2.41. The number of pyridine rings is 1. The zero-order valence-corrected chi connectivity index (χ0v) is 22.0. The summed E-state index contributed by atoms with van der Waals surface area (Å²) in [6.45, 7) is -0.402. The van der Waals surface area contributed by atoms with Gasteiger partial charge in [0.15, 0.2) is 11.6 Å². The number of fused-ring (bicyclic) bond motifs is 1. The second kappa shape index (κ2) is 12.6. The molecule has 0 aliphatic carbocycles. The number of alkyl halides is 3. The van der Waals surface area contributed by atoms with Crippen molar-refractivity contribution in [3.8, 4) is 17.1 Å². The van der Waals surface area contributed by atoms with Gasteiger partial charge >= 0.3 is 14.0 Å². The highest BCUT2D eigenvalue weighted by atomic mass is 31.2. The Labute approximate surface area is 228 Å². The monoisotopic (exact) mass is 611 g/mol. The van der Waals surface area contributed by atoms with Crippen LogP contribution >= 0.6 is 7.82 Å². The molecule has 3 heterocycles. The summed E-state index contributed by atoms with van der Waals surface area (Å²) >= 11 is 0. The van der Waals surface area contributed by atoms with Gasteiger partial charge in [-0.15, -0.1) is 0 Å². The Morgan fingerprint density at radius 1 is 1.15 bits per heavy atom. The number of hydrogen-bond donors (Lipinski definition) is 4. The van der Waals surface area contributed by atoms with E-state index in [4.69, 9.17) is 29.7 Å². The Morgan fingerprint density at radius 3 is 2.39 bits per heavy atom. The average Bonchev–Trinajstić information content (AvgIpc) is 3.25. The quantitative estimate of drug-likeness (QED) is 0.186. The molecule has 3 aromatic rings. The molecule has 1 aliphatic heterocycles. The van der Waals surface area contributed by atoms with Crippen molar-refractivity contribution in [2.45, 2.75) is 38.1 Å². The van der Waals surface area contributed by atoms with E-state index < -0.39 is 49.2 Å². The Morgan fingerprint density at radius 2 is 1.78 bits per heavy atom. The van der Waals surface area contributed by atoms with Crippen LogP contribution < -0.4 is 10.5 Å². The van der Waals surface area contributed by atoms with Crippen molar-refractivity contribution in [3.63, 3.8) is 0 Å². The van der Waals surface area contributed by atoms with Gasteiger partial charge in [0.1, 0.15) is 5.82 Å². The number of rotatable bonds is 6. The second-order valence-corrected chi connectivity index (χ2v) is 9.82. The predicted octanol–water partition coefficient (Wildman–Crippen LogP) is 2.76. The van der Waals surface area contributed by atoms with E-state index >= 15 is 0 Å². The molecule has 1 atom stereocenters. The summed E-state index contributed by atoms with van der Waals surface area (Å²) in [5.41, 5.74) is 6.14. The lowest BCUT2D eigenvalue weighted by molar-refractivity contribution is -0.148. The zero-order valence-electron chi connectivity index (χ0n) is 21.1. The number of imidazole rings is 1. The molecule has 1 aliphatic rings. The first-order valence-corrected chi connectivity index (χ1v) is 13.2. The van der Waals surface area contributed by atoms with E-state index in [1.807, 2.05) is 0 Å². The largest absolute Gasteiger partial charge is 0.481 e. The van der Waals surface area contributed by atoms with Crippen molar-refractivity contribution in [3.05, 3.63) is 65.0 Å². The summed E-state index contributed by atoms with van der Waals surface area (Å²) < 4.78 is 96.7. The third kappa shape index (κ3) is 8.27. The zero-order chi connectivity index (χ0) is 30.7. The van der Waals surface area contributed by atoms with Gasteiger partial charge in [0.25, 0.3) is 0 Å². The summed E-state index contributed by atoms with van der Waals surface area (Å²) in [5, 5.41) is 0. The summed E-state index contributed by atoms with van der Waals surface area (Å²) in [5.74, 6) is -5.09. The number of ether oxygens (including phenoxy) is 1. The number of nitrogens with zero attached hydrogens (tertiary/aromatic N) is 4. The van der Waals surface area contributed by atoms with Crippen LogP contribution in [0.15, 0.2) is 30.5 Å². The molecule has 41 heavy (non-hydrogen) atoms. The van der Waals surface area contributed by atoms with Crippen LogP contribution in [0.25, 0.3) is 11.3 Å². The van der Waals surface area contributed by atoms with Gasteiger partial charge in [0.2, 0.25) is 17.6 Å². The summed E-state index contributed by atoms with van der Waals surface area (Å²) in [6.07, 6.45) is -3.84. The predicted molar refractivity (Wildman–Crippen MR) is 129 cm³/mol. The lowest BCUT2D eigenvalue weighted by Gasteiger charge is -2.30. The molecule has 11 nitrogen and oxygen atoms in total. The van der Waals surface area contributed by atoms with Gasteiger partial charge in [-0.05, 0) is 30.2 Å². The number of carbonyl (C=O) groups is 1. The number of phosphoric acid groups is 1. The molecule has 0 unspecified atom stereocenters. The number of carbonyl (C=O) groups excluding carboxylic acids is 1. The molecule has 18 heteroatoms. The number of hydrogen-bond acceptors (Lipinski definition) is 6. The number of amides is 1. The molecule has 5 N–H and O–H groups in total. The highest BCUT2D eigenvalue weighted by Crippen LogP contribution is 2.38. The molecule has 1 amide bonds. The van der Waals surface area contributed by atoms with Gasteiger partial charge in [-0.3, -0.25) is 4.79 Å². The number of benzene rings is 1. The first-order chi connectivity index (χ1) is 19.0. The van der Waals surface area contributed by atoms with Gasteiger partial charge in [0, 0.05) is 37.8 Å². The number of methoxy groups -OCH3 is 1. The standard InChI is InChI=1S/C23H21F6N5O2.H3O4P/c1-36-21-14(3-2-4-31-21)20-18-11-33(5-6-34(18)22(32-20)23(27,28)29)19(35)9-13(30)7-12-8-16(25)17(26)10-15(12)24;1-5(2,3)4/h2-4,8,10,13H,5-7,9,11,30H2,1H3;(H3,1,2,3,4)/t13-;/m1./s1. The summed E-state index contributed by atoms with van der Waals surface area (Å²) in [7, 11) is -3.31. The number of nitrogens with two attached hydrogens (primary N) is 1. The molecule has 0 saturated carbocycles. The third-order valence-corrected chi connectivity index (χ3v) is 5.84. The first kappa shape index (κ1) is 32.0. The van der Waals surface area contributed by atoms with Gasteiger partial charge < -0.3 is 34.6 Å². The summed E-state index contributed by atoms with van der Waals surface area (Å²) in [6, 6.07) is 3.19. The van der Waals surface area contributed by atoms with Crippen LogP contribution in [0.4, 0.5) is 26.3 Å². The van der Waals surface area contributed by atoms with Crippen molar-refractivity contribution < 1.29 is 55.1 Å². The van der Waals surface area contributed by atoms with Crippen molar-refractivity contribution in [2.24, 2.45) is 5.73 Å². The lowest BCUT2D eigenvalue weighted by Crippen LogP contribution is -2.42. The van der Waals surface area contributed by atoms with Crippen molar-refractivity contribution in [2.75, 3.05) is 13.7 Å². The van der Waals surface area contributed by atoms with Crippen molar-refractivity contribution in [1.29, 1.82) is 0 Å². The highest BCUT2D eigenvalue weighted by molar-refractivity contribution is 7.45. The fourth-order valence-corrected chi connectivity index (χ4v) is 4.17. The van der Waals surface area contributed by atoms with Gasteiger partial charge in [-0.2, -0.15) is 13.2 Å². The van der Waals surface area contributed by atoms with Crippen molar-refractivity contribution in [1.82, 2.24) is 19.4 Å². The molecule has 0 bridgehead atoms. The van der Waals surface area contributed by atoms with Crippen LogP contribution in [0, 0.1) is 17.5 Å². The minimum atomic E-state index is -4.73. The third-order valence-electron chi connectivity index (χ3n) is 5.84. The minimum absolute atomic E-state index is 0.0158. The van der Waals surface area contributed by atoms with Crippen LogP contribution in [-0.2, 0) is 35.0 Å². The van der Waals surface area contributed by atoms with E-state index in [1.54, 1.807) is 0 Å². The Hall–Kier alpha value is -3.50. The van der Waals surface area contributed by atoms with Crippen LogP contribution in [0.1, 0.15) is 23.5 Å². The molecule has 2 aromatic heterocycles. The van der Waals surface area contributed by atoms with Gasteiger partial charge in [-0.1, -0.05) is 0 Å². The average molecular weight is 611 g/mol. The molecule has 0 radical (unpaired) electrons. The number of aromatic nitrogens is 3. The van der Waals surface area contributed by atoms with Crippen LogP contribution in [0.2, 0.25) is 0 Å². The molecule has 224 valence electrons. The minimum Gasteiger partial charge on any atom is -0.481 e. The fourth-order valence-electron chi connectivity index (χ4n) is 4.17. The molecular weight excluding hydrogens is 587 g/mol. The number of halogens is 6. The molecule has 0 spiro atoms. The molecule has 0 saturated heterocycles. The van der Waals surface area contributed by atoms with Crippen molar-refractivity contribution >= 4 is 13.7 Å². The van der Waals surface area contributed by atoms with E-state index in [9.17, 15) is 31.1 Å². The van der Waals surface area contributed by atoms with E-state index in [0.717, 1.165) is 4.57 Å². The van der Waals surface area contributed by atoms with E-state index in [1.165, 1.54) is 30.3 Å². The molecule has 1 aromatic carbocycles. The Balaban J connectivity index is 0.000000850. The smallest absolute Gasteiger partial charge is 0.466 e. The fraction of sp³-hybridized carbons (Fsp3) is 0.348. The van der Waals surface area contributed by atoms with E-state index in [-0.39, 0.29) is 60.9 Å². The van der Waals surface area contributed by atoms with E-state index in [2.05, 4.69) is 9.97 Å². The molecular formula is C23H24F6N5O6P. The van der Waals surface area contributed by atoms with Crippen LogP contribution in [0.3, 0.4) is 0 Å². The maximum Gasteiger partial charge on any atom is 0.466 e. The second-order valence-electron chi connectivity index (χ2n) is 8.79. The maximum atomic E-state index is 13.9. The van der Waals surface area contributed by atoms with E-state index in [0.29, 0.717) is 12.1 Å². The molecule has 4 rings (SSSR count). The first-order valence-electron chi connectivity index (χ1n) is 11.6. The van der Waals surface area contributed by atoms with Crippen LogP contribution in [0.5, 0.6) is 5.88 Å². The van der Waals surface area contributed by atoms with Crippen LogP contribution in [-0.4, -0.2) is 59.7 Å².